The second kappa shape index (κ2) is 20.7. The summed E-state index contributed by atoms with van der Waals surface area (Å²) in [5, 5.41) is 0. The summed E-state index contributed by atoms with van der Waals surface area (Å²) >= 11 is 0. The Kier molecular flexibility index (Phi) is 16.1. The van der Waals surface area contributed by atoms with E-state index in [0.29, 0.717) is 89.1 Å². The van der Waals surface area contributed by atoms with Crippen molar-refractivity contribution in [3.8, 4) is 0 Å². The molecule has 404 valence electrons. The zero-order valence-corrected chi connectivity index (χ0v) is 41.8. The maximum Gasteiger partial charge on any atom is 0.311 e. The highest BCUT2D eigenvalue weighted by Gasteiger charge is 2.68. The van der Waals surface area contributed by atoms with Gasteiger partial charge in [-0.15, -0.1) is 0 Å². The van der Waals surface area contributed by atoms with E-state index in [1.807, 2.05) is 34.6 Å². The molecule has 0 radical (unpaired) electrons. The molecule has 14 aliphatic carbocycles. The molecule has 71 heavy (non-hydrogen) atoms. The molecule has 14 aliphatic rings. The third-order valence-electron chi connectivity index (χ3n) is 23.3. The van der Waals surface area contributed by atoms with Gasteiger partial charge in [0.1, 0.15) is 12.2 Å². The zero-order chi connectivity index (χ0) is 46.3. The van der Waals surface area contributed by atoms with E-state index in [1.165, 1.54) is 70.6 Å². The lowest BCUT2D eigenvalue weighted by molar-refractivity contribution is -0.192. The van der Waals surface area contributed by atoms with Crippen molar-refractivity contribution in [2.24, 2.45) is 129 Å². The van der Waals surface area contributed by atoms with E-state index >= 15 is 0 Å². The van der Waals surface area contributed by atoms with Gasteiger partial charge in [-0.2, -0.15) is 0 Å². The fraction of sp³-hybridized carbons (Fsp3) is 0.934. The van der Waals surface area contributed by atoms with Crippen LogP contribution in [-0.2, 0) is 47.6 Å². The van der Waals surface area contributed by atoms with Crippen LogP contribution < -0.4 is 0 Å². The van der Waals surface area contributed by atoms with Crippen LogP contribution in [0, 0.1) is 129 Å². The number of carbonyl (C=O) groups excluding carboxylic acids is 4. The van der Waals surface area contributed by atoms with E-state index in [1.54, 1.807) is 0 Å². The molecular formula is C61H100O10. The summed E-state index contributed by atoms with van der Waals surface area (Å²) in [5.41, 5.74) is -0.833. The molecule has 0 heterocycles. The van der Waals surface area contributed by atoms with Crippen LogP contribution in [0.4, 0.5) is 0 Å². The first-order valence-electron chi connectivity index (χ1n) is 28.2. The van der Waals surface area contributed by atoms with E-state index < -0.39 is 10.8 Å². The van der Waals surface area contributed by atoms with Crippen LogP contribution in [0.2, 0.25) is 0 Å². The first-order valence-corrected chi connectivity index (χ1v) is 28.2. The van der Waals surface area contributed by atoms with Gasteiger partial charge in [-0.05, 0) is 256 Å². The van der Waals surface area contributed by atoms with E-state index in [4.69, 9.17) is 28.4 Å². The van der Waals surface area contributed by atoms with Crippen molar-refractivity contribution in [3.05, 3.63) is 0 Å². The monoisotopic (exact) mass is 993 g/mol. The van der Waals surface area contributed by atoms with Crippen LogP contribution in [-0.4, -0.2) is 61.9 Å². The Hall–Kier alpha value is -2.20. The van der Waals surface area contributed by atoms with Crippen LogP contribution in [0.3, 0.4) is 0 Å². The molecule has 10 heteroatoms. The minimum Gasteiger partial charge on any atom is -0.462 e. The summed E-state index contributed by atoms with van der Waals surface area (Å²) in [6.45, 7) is 12.3. The minimum absolute atomic E-state index is 0. The quantitative estimate of drug-likeness (QED) is 0.0719. The van der Waals surface area contributed by atoms with E-state index in [-0.39, 0.29) is 91.2 Å². The Balaban J connectivity index is 0.000000181. The lowest BCUT2D eigenvalue weighted by Gasteiger charge is -2.53. The van der Waals surface area contributed by atoms with Gasteiger partial charge in [0.05, 0.1) is 34.9 Å². The molecule has 19 unspecified atom stereocenters. The Morgan fingerprint density at radius 2 is 0.831 bits per heavy atom. The van der Waals surface area contributed by atoms with Crippen LogP contribution >= 0.6 is 0 Å². The van der Waals surface area contributed by atoms with Crippen LogP contribution in [0.1, 0.15) is 193 Å². The van der Waals surface area contributed by atoms with Crippen molar-refractivity contribution in [1.29, 1.82) is 0 Å². The molecule has 0 aromatic rings. The van der Waals surface area contributed by atoms with Crippen LogP contribution in [0.15, 0.2) is 0 Å². The summed E-state index contributed by atoms with van der Waals surface area (Å²) in [6.07, 6.45) is 22.9. The zero-order valence-electron chi connectivity index (χ0n) is 41.8. The summed E-state index contributed by atoms with van der Waals surface area (Å²) in [7, 11) is 0. The maximum atomic E-state index is 13.2. The van der Waals surface area contributed by atoms with Gasteiger partial charge >= 0.3 is 23.9 Å². The molecule has 0 amide bonds. The summed E-state index contributed by atoms with van der Waals surface area (Å²) in [5.74, 6) is 11.6. The molecule has 0 aliphatic heterocycles. The first kappa shape index (κ1) is 55.0. The van der Waals surface area contributed by atoms with Gasteiger partial charge in [0.15, 0.2) is 13.6 Å². The SMILES string of the molecule is C.C.C.C.CCC(C)(C)C(=O)OC1CC2CC1C1C3CC(CC3C(=O)OCOC3C4CC5CC(C4)CC3C5)C21.CCC(C)(C)C(=O)OC1CC2CC1C1C3CC(CC3C(=O)OCOC3CC4CCC3C4)C21. The second-order valence-electron chi connectivity index (χ2n) is 27.1. The summed E-state index contributed by atoms with van der Waals surface area (Å²) in [4.78, 5) is 51.7. The third kappa shape index (κ3) is 9.39. The van der Waals surface area contributed by atoms with Gasteiger partial charge in [0, 0.05) is 0 Å². The fourth-order valence-electron chi connectivity index (χ4n) is 19.9. The standard InChI is InChI=1S/C30H44O5.C27H40O5.4CH4/c1-4-30(2,3)29(32)35-24-13-18-12-23(24)26-21-10-17(25(18)26)11-22(21)28(31)34-14-33-27-19-6-15-5-16(8-19)9-20(27)7-15;1-4-27(2,3)26(29)32-22-12-17-11-20(22)24-18-9-16(23(17)24)10-19(18)25(28)31-13-30-21-8-14-5-6-15(21)7-14;;;;/h15-27H,4-14H2,1-3H3;14-24H,4-13H2,1-3H3;4*1H4. The number of carbonyl (C=O) groups is 4. The van der Waals surface area contributed by atoms with Gasteiger partial charge in [-0.3, -0.25) is 19.2 Å². The van der Waals surface area contributed by atoms with Gasteiger partial charge < -0.3 is 28.4 Å². The highest BCUT2D eigenvalue weighted by atomic mass is 16.7. The normalized spacial score (nSPS) is 46.5. The van der Waals surface area contributed by atoms with E-state index in [2.05, 4.69) is 6.92 Å². The molecule has 0 aromatic heterocycles. The van der Waals surface area contributed by atoms with Gasteiger partial charge in [-0.25, -0.2) is 0 Å². The van der Waals surface area contributed by atoms with Crippen molar-refractivity contribution in [1.82, 2.24) is 0 Å². The average Bonchev–Trinajstić information content (AvgIpc) is 4.16. The van der Waals surface area contributed by atoms with Gasteiger partial charge in [-0.1, -0.05) is 43.6 Å². The second-order valence-corrected chi connectivity index (χ2v) is 27.1. The highest BCUT2D eigenvalue weighted by Crippen LogP contribution is 2.71. The van der Waals surface area contributed by atoms with E-state index in [9.17, 15) is 19.2 Å². The molecule has 19 atom stereocenters. The molecule has 0 saturated heterocycles. The van der Waals surface area contributed by atoms with Crippen molar-refractivity contribution in [3.63, 3.8) is 0 Å². The lowest BCUT2D eigenvalue weighted by Crippen LogP contribution is -2.49. The number of esters is 4. The van der Waals surface area contributed by atoms with Crippen molar-refractivity contribution >= 4 is 23.9 Å². The smallest absolute Gasteiger partial charge is 0.311 e. The minimum atomic E-state index is -0.417. The van der Waals surface area contributed by atoms with Gasteiger partial charge in [0.2, 0.25) is 0 Å². The molecule has 0 N–H and O–H groups in total. The largest absolute Gasteiger partial charge is 0.462 e. The Morgan fingerprint density at radius 1 is 0.408 bits per heavy atom. The molecule has 14 rings (SSSR count). The first-order chi connectivity index (χ1) is 32.2. The third-order valence-corrected chi connectivity index (χ3v) is 23.3. The molecule has 0 spiro atoms. The van der Waals surface area contributed by atoms with Gasteiger partial charge in [0.25, 0.3) is 0 Å². The predicted molar refractivity (Wildman–Crippen MR) is 275 cm³/mol. The van der Waals surface area contributed by atoms with Crippen LogP contribution in [0.5, 0.6) is 0 Å². The molecule has 14 bridgehead atoms. The molecule has 14 fully saturated rings. The number of fused-ring (bicyclic) bond motifs is 20. The average molecular weight is 993 g/mol. The predicted octanol–water partition coefficient (Wildman–Crippen LogP) is 13.1. The molecule has 10 nitrogen and oxygen atoms in total. The molecule has 14 saturated carbocycles. The lowest BCUT2D eigenvalue weighted by atomic mass is 9.55. The topological polar surface area (TPSA) is 124 Å². The fourth-order valence-corrected chi connectivity index (χ4v) is 19.9. The molecule has 0 aromatic carbocycles. The number of rotatable bonds is 14. The number of hydrogen-bond donors (Lipinski definition) is 0. The maximum absolute atomic E-state index is 13.2. The summed E-state index contributed by atoms with van der Waals surface area (Å²) in [6, 6.07) is 0. The summed E-state index contributed by atoms with van der Waals surface area (Å²) < 4.78 is 36.0. The Labute approximate surface area is 430 Å². The Bertz CT molecular complexity index is 1900. The van der Waals surface area contributed by atoms with E-state index in [0.717, 1.165) is 81.0 Å². The number of hydrogen-bond acceptors (Lipinski definition) is 10. The highest BCUT2D eigenvalue weighted by molar-refractivity contribution is 5.77. The Morgan fingerprint density at radius 3 is 1.25 bits per heavy atom. The van der Waals surface area contributed by atoms with Crippen molar-refractivity contribution < 1.29 is 47.6 Å². The van der Waals surface area contributed by atoms with Crippen molar-refractivity contribution in [2.45, 2.75) is 218 Å². The number of ether oxygens (including phenoxy) is 6. The van der Waals surface area contributed by atoms with Crippen molar-refractivity contribution in [2.75, 3.05) is 13.6 Å². The van der Waals surface area contributed by atoms with Crippen LogP contribution in [0.25, 0.3) is 0 Å². The molecular weight excluding hydrogens is 893 g/mol.